The molecule has 3 heterocycles. The number of aromatic nitrogens is 6. The maximum absolute atomic E-state index is 6.06. The smallest absolute Gasteiger partial charge is 0.273 e. The molecule has 0 N–H and O–H groups in total. The molecule has 0 aliphatic heterocycles. The minimum absolute atomic E-state index is 0.441. The van der Waals surface area contributed by atoms with E-state index < -0.39 is 0 Å². The molecule has 7 heteroatoms. The first-order chi connectivity index (χ1) is 16.7. The van der Waals surface area contributed by atoms with E-state index >= 15 is 0 Å². The van der Waals surface area contributed by atoms with Crippen molar-refractivity contribution in [2.45, 2.75) is 13.8 Å². The molecule has 0 unspecified atom stereocenters. The molecule has 7 nitrogen and oxygen atoms in total. The van der Waals surface area contributed by atoms with E-state index in [0.29, 0.717) is 17.7 Å². The van der Waals surface area contributed by atoms with Gasteiger partial charge in [0.25, 0.3) is 5.95 Å². The molecule has 0 aliphatic rings. The zero-order valence-corrected chi connectivity index (χ0v) is 18.7. The average Bonchev–Trinajstić information content (AvgIpc) is 3.20. The Hall–Kier alpha value is -4.65. The predicted molar refractivity (Wildman–Crippen MR) is 131 cm³/mol. The van der Waals surface area contributed by atoms with Crippen LogP contribution in [0.3, 0.4) is 0 Å². The monoisotopic (exact) mass is 444 g/mol. The summed E-state index contributed by atoms with van der Waals surface area (Å²) in [6.45, 7) is 3.76. The molecule has 0 saturated heterocycles. The van der Waals surface area contributed by atoms with Gasteiger partial charge in [0, 0.05) is 22.5 Å². The maximum atomic E-state index is 6.06. The van der Waals surface area contributed by atoms with Crippen LogP contribution in [0.2, 0.25) is 0 Å². The van der Waals surface area contributed by atoms with E-state index in [4.69, 9.17) is 4.74 Å². The Balaban J connectivity index is 1.49. The highest BCUT2D eigenvalue weighted by Gasteiger charge is 2.15. The summed E-state index contributed by atoms with van der Waals surface area (Å²) in [6, 6.07) is 26.5. The molecule has 0 bridgehead atoms. The molecule has 0 spiro atoms. The number of ether oxygens (including phenoxy) is 1. The molecule has 0 radical (unpaired) electrons. The summed E-state index contributed by atoms with van der Waals surface area (Å²) in [7, 11) is 0. The van der Waals surface area contributed by atoms with Gasteiger partial charge in [0.1, 0.15) is 5.75 Å². The van der Waals surface area contributed by atoms with Crippen LogP contribution in [0.4, 0.5) is 0 Å². The van der Waals surface area contributed by atoms with Gasteiger partial charge >= 0.3 is 0 Å². The molecule has 164 valence electrons. The van der Waals surface area contributed by atoms with Crippen molar-refractivity contribution < 1.29 is 4.74 Å². The first-order valence-electron chi connectivity index (χ1n) is 10.9. The normalized spacial score (nSPS) is 11.2. The minimum atomic E-state index is 0.441. The Morgan fingerprint density at radius 1 is 0.676 bits per heavy atom. The minimum Gasteiger partial charge on any atom is -0.439 e. The summed E-state index contributed by atoms with van der Waals surface area (Å²) in [5, 5.41) is 19.1. The van der Waals surface area contributed by atoms with Crippen LogP contribution in [-0.2, 0) is 0 Å². The molecule has 6 rings (SSSR count). The molecular weight excluding hydrogens is 424 g/mol. The number of hydrogen-bond donors (Lipinski definition) is 0. The highest BCUT2D eigenvalue weighted by atomic mass is 16.5. The molecule has 0 saturated carbocycles. The lowest BCUT2D eigenvalue weighted by molar-refractivity contribution is 0.459. The van der Waals surface area contributed by atoms with Crippen LogP contribution < -0.4 is 4.74 Å². The van der Waals surface area contributed by atoms with E-state index in [1.807, 2.05) is 54.0 Å². The van der Waals surface area contributed by atoms with Crippen LogP contribution in [0.1, 0.15) is 11.4 Å². The summed E-state index contributed by atoms with van der Waals surface area (Å²) < 4.78 is 8.06. The predicted octanol–water partition coefficient (Wildman–Crippen LogP) is 5.83. The van der Waals surface area contributed by atoms with Crippen molar-refractivity contribution in [2.75, 3.05) is 0 Å². The van der Waals surface area contributed by atoms with E-state index in [2.05, 4.69) is 61.8 Å². The van der Waals surface area contributed by atoms with Crippen LogP contribution in [-0.4, -0.2) is 29.9 Å². The van der Waals surface area contributed by atoms with Crippen molar-refractivity contribution in [2.24, 2.45) is 0 Å². The van der Waals surface area contributed by atoms with Crippen molar-refractivity contribution in [1.82, 2.24) is 29.9 Å². The van der Waals surface area contributed by atoms with Gasteiger partial charge in [0.2, 0.25) is 5.88 Å². The van der Waals surface area contributed by atoms with E-state index in [1.54, 1.807) is 13.1 Å². The Kier molecular flexibility index (Phi) is 4.73. The van der Waals surface area contributed by atoms with Crippen LogP contribution in [0.25, 0.3) is 38.9 Å². The van der Waals surface area contributed by atoms with E-state index in [-0.39, 0.29) is 0 Å². The number of aryl methyl sites for hydroxylation is 2. The van der Waals surface area contributed by atoms with Crippen molar-refractivity contribution in [3.8, 4) is 28.7 Å². The van der Waals surface area contributed by atoms with Crippen molar-refractivity contribution in [3.05, 3.63) is 96.4 Å². The summed E-state index contributed by atoms with van der Waals surface area (Å²) >= 11 is 0. The lowest BCUT2D eigenvalue weighted by atomic mass is 10.0. The van der Waals surface area contributed by atoms with Gasteiger partial charge in [0.05, 0.1) is 11.0 Å². The molecule has 0 atom stereocenters. The van der Waals surface area contributed by atoms with E-state index in [0.717, 1.165) is 44.2 Å². The zero-order chi connectivity index (χ0) is 23.1. The second-order valence-electron chi connectivity index (χ2n) is 8.09. The first kappa shape index (κ1) is 20.0. The number of nitrogens with zero attached hydrogens (tertiary/aromatic N) is 6. The number of para-hydroxylation sites is 1. The van der Waals surface area contributed by atoms with Gasteiger partial charge in [-0.25, -0.2) is 4.98 Å². The molecule has 0 aliphatic carbocycles. The van der Waals surface area contributed by atoms with Gasteiger partial charge in [-0.1, -0.05) is 48.5 Å². The highest BCUT2D eigenvalue weighted by molar-refractivity contribution is 6.09. The molecule has 3 aromatic carbocycles. The first-order valence-corrected chi connectivity index (χ1v) is 10.9. The maximum Gasteiger partial charge on any atom is 0.273 e. The number of benzene rings is 3. The largest absolute Gasteiger partial charge is 0.439 e. The number of fused-ring (bicyclic) bond motifs is 3. The summed E-state index contributed by atoms with van der Waals surface area (Å²) in [4.78, 5) is 4.34. The summed E-state index contributed by atoms with van der Waals surface area (Å²) in [5.74, 6) is 2.31. The molecule has 0 fully saturated rings. The lowest BCUT2D eigenvalue weighted by Gasteiger charge is -2.10. The Labute approximate surface area is 195 Å². The molecule has 34 heavy (non-hydrogen) atoms. The fourth-order valence-electron chi connectivity index (χ4n) is 4.16. The van der Waals surface area contributed by atoms with Gasteiger partial charge in [-0.3, -0.25) is 4.57 Å². The molecule has 0 amide bonds. The third-order valence-corrected chi connectivity index (χ3v) is 5.79. The van der Waals surface area contributed by atoms with Gasteiger partial charge in [0.15, 0.2) is 5.82 Å². The van der Waals surface area contributed by atoms with Crippen LogP contribution in [0.5, 0.6) is 11.6 Å². The second-order valence-corrected chi connectivity index (χ2v) is 8.09. The van der Waals surface area contributed by atoms with Crippen LogP contribution in [0, 0.1) is 13.8 Å². The van der Waals surface area contributed by atoms with E-state index in [1.165, 1.54) is 0 Å². The average molecular weight is 444 g/mol. The Morgan fingerprint density at radius 3 is 2.32 bits per heavy atom. The Bertz CT molecular complexity index is 1660. The zero-order valence-electron chi connectivity index (χ0n) is 18.7. The summed E-state index contributed by atoms with van der Waals surface area (Å²) in [5.41, 5.74) is 5.06. The fraction of sp³-hybridized carbons (Fsp3) is 0.0741. The number of hydrogen-bond acceptors (Lipinski definition) is 6. The molecular formula is C27H20N6O. The van der Waals surface area contributed by atoms with Gasteiger partial charge in [-0.2, -0.15) is 0 Å². The quantitative estimate of drug-likeness (QED) is 0.340. The SMILES string of the molecule is Cc1nnc(-n2c3ccccc3c3ccc(-c4cccc(Oc5ncccc5C)c4)cc32)nn1. The fourth-order valence-corrected chi connectivity index (χ4v) is 4.16. The molecule has 3 aromatic heterocycles. The Morgan fingerprint density at radius 2 is 1.47 bits per heavy atom. The van der Waals surface area contributed by atoms with Crippen molar-refractivity contribution in [1.29, 1.82) is 0 Å². The standard InChI is InChI=1S/C27H20N6O/c1-17-7-6-14-28-26(17)34-21-9-5-8-19(15-21)20-12-13-23-22-10-3-4-11-24(22)33(25(23)16-20)27-31-29-18(2)30-32-27/h3-16H,1-2H3. The second kappa shape index (κ2) is 8.04. The van der Waals surface area contributed by atoms with Crippen molar-refractivity contribution >= 4 is 21.8 Å². The number of rotatable bonds is 4. The topological polar surface area (TPSA) is 78.6 Å². The van der Waals surface area contributed by atoms with Gasteiger partial charge in [-0.05, 0) is 55.3 Å². The highest BCUT2D eigenvalue weighted by Crippen LogP contribution is 2.35. The van der Waals surface area contributed by atoms with Crippen LogP contribution >= 0.6 is 0 Å². The van der Waals surface area contributed by atoms with Crippen molar-refractivity contribution in [3.63, 3.8) is 0 Å². The van der Waals surface area contributed by atoms with Crippen LogP contribution in [0.15, 0.2) is 85.1 Å². The summed E-state index contributed by atoms with van der Waals surface area (Å²) in [6.07, 6.45) is 1.73. The van der Waals surface area contributed by atoms with E-state index in [9.17, 15) is 0 Å². The third-order valence-electron chi connectivity index (χ3n) is 5.79. The van der Waals surface area contributed by atoms with Gasteiger partial charge < -0.3 is 4.74 Å². The van der Waals surface area contributed by atoms with Gasteiger partial charge in [-0.15, -0.1) is 20.4 Å². The number of pyridine rings is 1. The third kappa shape index (κ3) is 3.44. The molecule has 6 aromatic rings. The lowest BCUT2D eigenvalue weighted by Crippen LogP contribution is -2.06.